The Bertz CT molecular complexity index is 940. The van der Waals surface area contributed by atoms with Gasteiger partial charge in [-0.2, -0.15) is 5.10 Å². The summed E-state index contributed by atoms with van der Waals surface area (Å²) in [7, 11) is 0. The highest BCUT2D eigenvalue weighted by molar-refractivity contribution is 5.91. The number of nitrogens with two attached hydrogens (primary N) is 1. The lowest BCUT2D eigenvalue weighted by molar-refractivity contribution is 1.12. The van der Waals surface area contributed by atoms with Gasteiger partial charge >= 0.3 is 0 Å². The van der Waals surface area contributed by atoms with Gasteiger partial charge in [0.25, 0.3) is 0 Å². The van der Waals surface area contributed by atoms with Gasteiger partial charge in [0.05, 0.1) is 23.1 Å². The molecular weight excluding hydrogens is 260 g/mol. The van der Waals surface area contributed by atoms with E-state index >= 15 is 0 Å². The molecule has 0 aliphatic rings. The molecular formula is C17H14N4. The third-order valence-electron chi connectivity index (χ3n) is 3.64. The van der Waals surface area contributed by atoms with Crippen molar-refractivity contribution >= 4 is 38.7 Å². The maximum Gasteiger partial charge on any atom is 0.0672 e. The van der Waals surface area contributed by atoms with E-state index in [-0.39, 0.29) is 0 Å². The molecule has 4 nitrogen and oxygen atoms in total. The highest BCUT2D eigenvalue weighted by Gasteiger charge is 2.04. The van der Waals surface area contributed by atoms with Crippen molar-refractivity contribution < 1.29 is 0 Å². The highest BCUT2D eigenvalue weighted by atomic mass is 15.1. The van der Waals surface area contributed by atoms with E-state index in [0.29, 0.717) is 5.69 Å². The van der Waals surface area contributed by atoms with Crippen LogP contribution in [0.3, 0.4) is 0 Å². The first-order chi connectivity index (χ1) is 10.3. The van der Waals surface area contributed by atoms with Crippen LogP contribution in [0.25, 0.3) is 21.7 Å². The Balaban J connectivity index is 1.76. The Morgan fingerprint density at radius 1 is 0.905 bits per heavy atom. The second kappa shape index (κ2) is 4.52. The van der Waals surface area contributed by atoms with E-state index in [2.05, 4.69) is 45.8 Å². The largest absolute Gasteiger partial charge is 0.397 e. The molecule has 0 aliphatic carbocycles. The van der Waals surface area contributed by atoms with Crippen LogP contribution in [-0.2, 0) is 0 Å². The molecule has 0 saturated carbocycles. The summed E-state index contributed by atoms with van der Waals surface area (Å²) in [6.45, 7) is 0. The van der Waals surface area contributed by atoms with Crippen LogP contribution in [-0.4, -0.2) is 10.2 Å². The van der Waals surface area contributed by atoms with Crippen molar-refractivity contribution in [1.29, 1.82) is 0 Å². The molecule has 1 aromatic heterocycles. The Labute approximate surface area is 121 Å². The molecule has 0 unspecified atom stereocenters. The molecule has 0 aliphatic heterocycles. The maximum atomic E-state index is 6.10. The van der Waals surface area contributed by atoms with E-state index in [0.717, 1.165) is 22.3 Å². The second-order valence-electron chi connectivity index (χ2n) is 5.08. The SMILES string of the molecule is Nc1cc2cn[nH]c2cc1Nc1ccc2ccccc2c1. The monoisotopic (exact) mass is 274 g/mol. The Hall–Kier alpha value is -3.01. The number of hydrogen-bond donors (Lipinski definition) is 3. The van der Waals surface area contributed by atoms with Gasteiger partial charge in [-0.3, -0.25) is 5.10 Å². The fraction of sp³-hybridized carbons (Fsp3) is 0. The number of nitrogen functional groups attached to an aromatic ring is 1. The molecule has 0 bridgehead atoms. The first-order valence-corrected chi connectivity index (χ1v) is 6.78. The first-order valence-electron chi connectivity index (χ1n) is 6.78. The molecule has 4 heteroatoms. The average molecular weight is 274 g/mol. The van der Waals surface area contributed by atoms with E-state index < -0.39 is 0 Å². The molecule has 0 spiro atoms. The zero-order chi connectivity index (χ0) is 14.2. The van der Waals surface area contributed by atoms with Gasteiger partial charge in [-0.05, 0) is 35.0 Å². The second-order valence-corrected chi connectivity index (χ2v) is 5.08. The zero-order valence-corrected chi connectivity index (χ0v) is 11.3. The number of nitrogens with zero attached hydrogens (tertiary/aromatic N) is 1. The fourth-order valence-corrected chi connectivity index (χ4v) is 2.54. The quantitative estimate of drug-likeness (QED) is 0.483. The number of nitrogens with one attached hydrogen (secondary N) is 2. The van der Waals surface area contributed by atoms with E-state index in [1.165, 1.54) is 10.8 Å². The van der Waals surface area contributed by atoms with Gasteiger partial charge in [0.15, 0.2) is 0 Å². The number of H-pyrrole nitrogens is 1. The highest BCUT2D eigenvalue weighted by Crippen LogP contribution is 2.29. The van der Waals surface area contributed by atoms with Gasteiger partial charge in [0.1, 0.15) is 0 Å². The summed E-state index contributed by atoms with van der Waals surface area (Å²) in [4.78, 5) is 0. The van der Waals surface area contributed by atoms with Crippen molar-refractivity contribution in [2.75, 3.05) is 11.1 Å². The smallest absolute Gasteiger partial charge is 0.0672 e. The van der Waals surface area contributed by atoms with Crippen molar-refractivity contribution in [1.82, 2.24) is 10.2 Å². The molecule has 102 valence electrons. The standard InChI is InChI=1S/C17H14N4/c18-15-8-13-10-19-21-16(13)9-17(15)20-14-6-5-11-3-1-2-4-12(11)7-14/h1-10,20H,18H2,(H,19,21). The maximum absolute atomic E-state index is 6.10. The number of hydrogen-bond acceptors (Lipinski definition) is 3. The van der Waals surface area contributed by atoms with Gasteiger partial charge in [-0.1, -0.05) is 30.3 Å². The third-order valence-corrected chi connectivity index (χ3v) is 3.64. The molecule has 4 rings (SSSR count). The van der Waals surface area contributed by atoms with Crippen LogP contribution in [0.1, 0.15) is 0 Å². The molecule has 4 aromatic rings. The topological polar surface area (TPSA) is 66.7 Å². The number of rotatable bonds is 2. The molecule has 21 heavy (non-hydrogen) atoms. The molecule has 0 amide bonds. The predicted octanol–water partition coefficient (Wildman–Crippen LogP) is 4.04. The van der Waals surface area contributed by atoms with Gasteiger partial charge in [-0.25, -0.2) is 0 Å². The van der Waals surface area contributed by atoms with Gasteiger partial charge in [-0.15, -0.1) is 0 Å². The number of fused-ring (bicyclic) bond motifs is 2. The molecule has 1 heterocycles. The van der Waals surface area contributed by atoms with Crippen LogP contribution < -0.4 is 11.1 Å². The summed E-state index contributed by atoms with van der Waals surface area (Å²) in [5.41, 5.74) is 9.66. The first kappa shape index (κ1) is 11.8. The molecule has 4 N–H and O–H groups in total. The van der Waals surface area contributed by atoms with Crippen molar-refractivity contribution in [3.05, 3.63) is 60.8 Å². The molecule has 3 aromatic carbocycles. The summed E-state index contributed by atoms with van der Waals surface area (Å²) < 4.78 is 0. The fourth-order valence-electron chi connectivity index (χ4n) is 2.54. The Kier molecular flexibility index (Phi) is 2.54. The van der Waals surface area contributed by atoms with Crippen LogP contribution in [0, 0.1) is 0 Å². The minimum absolute atomic E-state index is 0.706. The molecule has 0 atom stereocenters. The summed E-state index contributed by atoms with van der Waals surface area (Å²) in [6, 6.07) is 18.4. The Morgan fingerprint density at radius 3 is 2.67 bits per heavy atom. The van der Waals surface area contributed by atoms with Crippen LogP contribution in [0.5, 0.6) is 0 Å². The van der Waals surface area contributed by atoms with Crippen LogP contribution in [0.15, 0.2) is 60.8 Å². The number of anilines is 3. The van der Waals surface area contributed by atoms with Gasteiger partial charge in [0.2, 0.25) is 0 Å². The lowest BCUT2D eigenvalue weighted by Crippen LogP contribution is -1.96. The summed E-state index contributed by atoms with van der Waals surface area (Å²) >= 11 is 0. The number of aromatic nitrogens is 2. The average Bonchev–Trinajstić information content (AvgIpc) is 2.94. The van der Waals surface area contributed by atoms with Crippen LogP contribution in [0.4, 0.5) is 17.1 Å². The minimum Gasteiger partial charge on any atom is -0.397 e. The van der Waals surface area contributed by atoms with Gasteiger partial charge < -0.3 is 11.1 Å². The molecule has 0 radical (unpaired) electrons. The van der Waals surface area contributed by atoms with Crippen molar-refractivity contribution in [3.63, 3.8) is 0 Å². The van der Waals surface area contributed by atoms with Crippen molar-refractivity contribution in [2.45, 2.75) is 0 Å². The minimum atomic E-state index is 0.706. The van der Waals surface area contributed by atoms with E-state index in [1.807, 2.05) is 24.3 Å². The van der Waals surface area contributed by atoms with E-state index in [9.17, 15) is 0 Å². The summed E-state index contributed by atoms with van der Waals surface area (Å²) in [6.07, 6.45) is 1.77. The zero-order valence-electron chi connectivity index (χ0n) is 11.3. The van der Waals surface area contributed by atoms with Gasteiger partial charge in [0, 0.05) is 11.1 Å². The number of benzene rings is 3. The molecule has 0 saturated heterocycles. The van der Waals surface area contributed by atoms with Crippen molar-refractivity contribution in [2.24, 2.45) is 0 Å². The van der Waals surface area contributed by atoms with Crippen molar-refractivity contribution in [3.8, 4) is 0 Å². The predicted molar refractivity (Wildman–Crippen MR) is 87.7 cm³/mol. The third kappa shape index (κ3) is 2.07. The van der Waals surface area contributed by atoms with E-state index in [4.69, 9.17) is 5.73 Å². The normalized spacial score (nSPS) is 11.0. The summed E-state index contributed by atoms with van der Waals surface area (Å²) in [5.74, 6) is 0. The summed E-state index contributed by atoms with van der Waals surface area (Å²) in [5, 5.41) is 13.8. The molecule has 0 fully saturated rings. The van der Waals surface area contributed by atoms with E-state index in [1.54, 1.807) is 6.20 Å². The van der Waals surface area contributed by atoms with Crippen LogP contribution >= 0.6 is 0 Å². The lowest BCUT2D eigenvalue weighted by Gasteiger charge is -2.10. The lowest BCUT2D eigenvalue weighted by atomic mass is 10.1. The van der Waals surface area contributed by atoms with Crippen LogP contribution in [0.2, 0.25) is 0 Å². The number of aromatic amines is 1. The Morgan fingerprint density at radius 2 is 1.76 bits per heavy atom.